The van der Waals surface area contributed by atoms with E-state index in [0.29, 0.717) is 18.8 Å². The number of rotatable bonds is 8. The van der Waals surface area contributed by atoms with Crippen molar-refractivity contribution >= 4 is 23.2 Å². The number of amides is 2. The third-order valence-corrected chi connectivity index (χ3v) is 4.59. The Labute approximate surface area is 171 Å². The molecule has 0 aliphatic rings. The van der Waals surface area contributed by atoms with Gasteiger partial charge in [-0.15, -0.1) is 0 Å². The quantitative estimate of drug-likeness (QED) is 0.707. The van der Waals surface area contributed by atoms with Crippen LogP contribution in [0.2, 0.25) is 0 Å². The molecule has 0 aromatic heterocycles. The molecule has 0 bridgehead atoms. The van der Waals surface area contributed by atoms with E-state index in [9.17, 15) is 14.0 Å². The highest BCUT2D eigenvalue weighted by atomic mass is 19.1. The average molecular weight is 402 g/mol. The van der Waals surface area contributed by atoms with Gasteiger partial charge < -0.3 is 20.0 Å². The zero-order valence-corrected chi connectivity index (χ0v) is 17.8. The number of anilines is 2. The molecular formula is C22H30FN4O2+. The molecule has 29 heavy (non-hydrogen) atoms. The van der Waals surface area contributed by atoms with Crippen molar-refractivity contribution in [3.63, 3.8) is 0 Å². The van der Waals surface area contributed by atoms with E-state index >= 15 is 0 Å². The molecule has 156 valence electrons. The Morgan fingerprint density at radius 3 is 2.41 bits per heavy atom. The van der Waals surface area contributed by atoms with Crippen LogP contribution >= 0.6 is 0 Å². The maximum atomic E-state index is 13.4. The molecule has 0 aliphatic carbocycles. The standard InChI is InChI=1S/C22H29FN4O2/c1-16(28)27(12-11-25(2)3)15-18-14-20(9-10-21(18)26(4)5)24-22(29)17-7-6-8-19(23)13-17/h6-10,13-14H,11-12,15H2,1-5H3,(H,24,29)/p+1. The van der Waals surface area contributed by atoms with Crippen molar-refractivity contribution in [2.24, 2.45) is 0 Å². The first kappa shape index (κ1) is 22.4. The molecule has 0 unspecified atom stereocenters. The molecule has 6 nitrogen and oxygen atoms in total. The fourth-order valence-corrected chi connectivity index (χ4v) is 2.97. The van der Waals surface area contributed by atoms with Gasteiger partial charge in [0, 0.05) is 44.5 Å². The predicted molar refractivity (Wildman–Crippen MR) is 114 cm³/mol. The Bertz CT molecular complexity index is 868. The van der Waals surface area contributed by atoms with E-state index in [4.69, 9.17) is 0 Å². The second-order valence-corrected chi connectivity index (χ2v) is 7.60. The molecule has 0 aliphatic heterocycles. The molecule has 2 aromatic carbocycles. The highest BCUT2D eigenvalue weighted by Gasteiger charge is 2.16. The predicted octanol–water partition coefficient (Wildman–Crippen LogP) is 1.64. The minimum atomic E-state index is -0.457. The van der Waals surface area contributed by atoms with E-state index in [1.165, 1.54) is 23.1 Å². The van der Waals surface area contributed by atoms with Crippen LogP contribution in [0, 0.1) is 5.82 Å². The van der Waals surface area contributed by atoms with Crippen LogP contribution in [0.5, 0.6) is 0 Å². The van der Waals surface area contributed by atoms with Crippen molar-refractivity contribution < 1.29 is 18.9 Å². The minimum Gasteiger partial charge on any atom is -0.377 e. The molecule has 2 amide bonds. The number of halogens is 1. The third kappa shape index (κ3) is 6.57. The van der Waals surface area contributed by atoms with Gasteiger partial charge in [-0.1, -0.05) is 6.07 Å². The Kier molecular flexibility index (Phi) is 7.73. The van der Waals surface area contributed by atoms with Gasteiger partial charge in [0.1, 0.15) is 5.82 Å². The lowest BCUT2D eigenvalue weighted by molar-refractivity contribution is -0.857. The summed E-state index contributed by atoms with van der Waals surface area (Å²) in [6, 6.07) is 11.1. The van der Waals surface area contributed by atoms with Crippen LogP contribution in [0.1, 0.15) is 22.8 Å². The largest absolute Gasteiger partial charge is 0.377 e. The van der Waals surface area contributed by atoms with Crippen LogP contribution in [0.4, 0.5) is 15.8 Å². The summed E-state index contributed by atoms with van der Waals surface area (Å²) < 4.78 is 13.4. The number of nitrogens with one attached hydrogen (secondary N) is 2. The zero-order chi connectivity index (χ0) is 21.6. The van der Waals surface area contributed by atoms with Crippen molar-refractivity contribution in [3.05, 3.63) is 59.4 Å². The van der Waals surface area contributed by atoms with E-state index in [-0.39, 0.29) is 17.4 Å². The van der Waals surface area contributed by atoms with Crippen molar-refractivity contribution in [2.75, 3.05) is 51.5 Å². The van der Waals surface area contributed by atoms with E-state index in [1.54, 1.807) is 24.0 Å². The summed E-state index contributed by atoms with van der Waals surface area (Å²) in [4.78, 5) is 29.6. The molecule has 2 N–H and O–H groups in total. The summed E-state index contributed by atoms with van der Waals surface area (Å²) >= 11 is 0. The van der Waals surface area contributed by atoms with Crippen molar-refractivity contribution in [1.29, 1.82) is 0 Å². The molecule has 0 saturated heterocycles. The topological polar surface area (TPSA) is 57.1 Å². The van der Waals surface area contributed by atoms with Gasteiger partial charge in [0.25, 0.3) is 5.91 Å². The van der Waals surface area contributed by atoms with Crippen LogP contribution in [-0.2, 0) is 11.3 Å². The average Bonchev–Trinajstić information content (AvgIpc) is 2.64. The van der Waals surface area contributed by atoms with Gasteiger partial charge in [0.2, 0.25) is 5.91 Å². The Morgan fingerprint density at radius 1 is 1.10 bits per heavy atom. The molecule has 0 atom stereocenters. The number of quaternary nitrogens is 1. The maximum absolute atomic E-state index is 13.4. The zero-order valence-electron chi connectivity index (χ0n) is 17.8. The first-order chi connectivity index (χ1) is 13.7. The number of likely N-dealkylation sites (N-methyl/N-ethyl adjacent to an activating group) is 1. The lowest BCUT2D eigenvalue weighted by Gasteiger charge is -2.25. The summed E-state index contributed by atoms with van der Waals surface area (Å²) in [6.45, 7) is 3.49. The second-order valence-electron chi connectivity index (χ2n) is 7.60. The van der Waals surface area contributed by atoms with Gasteiger partial charge in [-0.2, -0.15) is 0 Å². The Balaban J connectivity index is 2.26. The summed E-state index contributed by atoms with van der Waals surface area (Å²) in [7, 11) is 7.97. The van der Waals surface area contributed by atoms with Gasteiger partial charge in [-0.3, -0.25) is 9.59 Å². The monoisotopic (exact) mass is 401 g/mol. The van der Waals surface area contributed by atoms with Crippen LogP contribution in [-0.4, -0.2) is 58.0 Å². The molecular weight excluding hydrogens is 371 g/mol. The molecule has 2 aromatic rings. The molecule has 2 rings (SSSR count). The minimum absolute atomic E-state index is 0.00477. The summed E-state index contributed by atoms with van der Waals surface area (Å²) in [5, 5.41) is 2.81. The number of benzene rings is 2. The number of hydrogen-bond donors (Lipinski definition) is 2. The van der Waals surface area contributed by atoms with E-state index in [2.05, 4.69) is 5.32 Å². The molecule has 0 saturated carbocycles. The van der Waals surface area contributed by atoms with Crippen LogP contribution in [0.15, 0.2) is 42.5 Å². The lowest BCUT2D eigenvalue weighted by Crippen LogP contribution is -3.06. The Hall–Kier alpha value is -2.93. The number of nitrogens with zero attached hydrogens (tertiary/aromatic N) is 2. The summed E-state index contributed by atoms with van der Waals surface area (Å²) in [5.74, 6) is -0.834. The highest BCUT2D eigenvalue weighted by Crippen LogP contribution is 2.25. The van der Waals surface area contributed by atoms with Gasteiger partial charge in [0.05, 0.1) is 27.2 Å². The van der Waals surface area contributed by atoms with E-state index in [1.807, 2.05) is 45.2 Å². The first-order valence-electron chi connectivity index (χ1n) is 9.59. The van der Waals surface area contributed by atoms with Gasteiger partial charge in [-0.25, -0.2) is 4.39 Å². The van der Waals surface area contributed by atoms with Crippen LogP contribution < -0.4 is 15.1 Å². The van der Waals surface area contributed by atoms with Crippen molar-refractivity contribution in [3.8, 4) is 0 Å². The smallest absolute Gasteiger partial charge is 0.255 e. The van der Waals surface area contributed by atoms with E-state index < -0.39 is 5.82 Å². The maximum Gasteiger partial charge on any atom is 0.255 e. The lowest BCUT2D eigenvalue weighted by atomic mass is 10.1. The van der Waals surface area contributed by atoms with Crippen LogP contribution in [0.3, 0.4) is 0 Å². The second kappa shape index (κ2) is 10.0. The van der Waals surface area contributed by atoms with Gasteiger partial charge in [0.15, 0.2) is 0 Å². The first-order valence-corrected chi connectivity index (χ1v) is 9.59. The SMILES string of the molecule is CC(=O)N(CC[NH+](C)C)Cc1cc(NC(=O)c2cccc(F)c2)ccc1N(C)C. The fraction of sp³-hybridized carbons (Fsp3) is 0.364. The molecule has 7 heteroatoms. The number of carbonyl (C=O) groups excluding carboxylic acids is 2. The normalized spacial score (nSPS) is 10.7. The Morgan fingerprint density at radius 2 is 1.83 bits per heavy atom. The van der Waals surface area contributed by atoms with Crippen LogP contribution in [0.25, 0.3) is 0 Å². The van der Waals surface area contributed by atoms with Gasteiger partial charge >= 0.3 is 0 Å². The molecule has 0 radical (unpaired) electrons. The highest BCUT2D eigenvalue weighted by molar-refractivity contribution is 6.04. The number of hydrogen-bond acceptors (Lipinski definition) is 3. The van der Waals surface area contributed by atoms with E-state index in [0.717, 1.165) is 17.8 Å². The number of carbonyl (C=O) groups is 2. The van der Waals surface area contributed by atoms with Crippen molar-refractivity contribution in [1.82, 2.24) is 4.90 Å². The summed E-state index contributed by atoms with van der Waals surface area (Å²) in [5.41, 5.74) is 2.75. The molecule has 0 spiro atoms. The molecule has 0 heterocycles. The van der Waals surface area contributed by atoms with Crippen molar-refractivity contribution in [2.45, 2.75) is 13.5 Å². The molecule has 0 fully saturated rings. The fourth-order valence-electron chi connectivity index (χ4n) is 2.97. The third-order valence-electron chi connectivity index (χ3n) is 4.59. The summed E-state index contributed by atoms with van der Waals surface area (Å²) in [6.07, 6.45) is 0. The van der Waals surface area contributed by atoms with Gasteiger partial charge in [-0.05, 0) is 42.0 Å².